The normalized spacial score (nSPS) is 12.0. The number of carbonyl (C=O) groups excluding carboxylic acids is 2. The molecule has 3 aromatic carbocycles. The van der Waals surface area contributed by atoms with Gasteiger partial charge >= 0.3 is 0 Å². The molecule has 0 bridgehead atoms. The minimum atomic E-state index is -4.10. The summed E-state index contributed by atoms with van der Waals surface area (Å²) in [6.07, 6.45) is 1.74. The molecular weight excluding hydrogens is 590 g/mol. The Morgan fingerprint density at radius 1 is 1.00 bits per heavy atom. The highest BCUT2D eigenvalue weighted by Crippen LogP contribution is 2.26. The van der Waals surface area contributed by atoms with E-state index in [1.807, 2.05) is 31.2 Å². The Morgan fingerprint density at radius 2 is 1.68 bits per heavy atom. The van der Waals surface area contributed by atoms with Gasteiger partial charge in [0.1, 0.15) is 12.6 Å². The maximum Gasteiger partial charge on any atom is 0.264 e. The molecule has 1 atom stereocenters. The summed E-state index contributed by atoms with van der Waals surface area (Å²) in [6, 6.07) is 20.7. The standard InChI is InChI=1S/C28H31BrClN3O4S/c1-3-4-17-31-28(35)21(2)32(19-22-9-8-10-23(29)18-22)27(34)20-33(25-15-13-24(30)14-16-25)38(36,37)26-11-6-5-7-12-26/h5-16,18,21H,3-4,17,19-20H2,1-2H3,(H,31,35). The van der Waals surface area contributed by atoms with Crippen molar-refractivity contribution in [1.29, 1.82) is 0 Å². The molecule has 1 unspecified atom stereocenters. The van der Waals surface area contributed by atoms with Crippen LogP contribution in [0.3, 0.4) is 0 Å². The van der Waals surface area contributed by atoms with Crippen LogP contribution < -0.4 is 9.62 Å². The van der Waals surface area contributed by atoms with Crippen LogP contribution in [-0.2, 0) is 26.2 Å². The maximum absolute atomic E-state index is 13.8. The molecule has 202 valence electrons. The first-order chi connectivity index (χ1) is 18.1. The van der Waals surface area contributed by atoms with Crippen molar-refractivity contribution < 1.29 is 18.0 Å². The summed E-state index contributed by atoms with van der Waals surface area (Å²) in [7, 11) is -4.10. The predicted octanol–water partition coefficient (Wildman–Crippen LogP) is 5.63. The van der Waals surface area contributed by atoms with E-state index in [-0.39, 0.29) is 23.0 Å². The van der Waals surface area contributed by atoms with E-state index in [0.717, 1.165) is 27.2 Å². The maximum atomic E-state index is 13.8. The first kappa shape index (κ1) is 29.7. The summed E-state index contributed by atoms with van der Waals surface area (Å²) in [5.74, 6) is -0.816. The van der Waals surface area contributed by atoms with E-state index in [2.05, 4.69) is 21.2 Å². The Balaban J connectivity index is 1.98. The number of sulfonamides is 1. The van der Waals surface area contributed by atoms with Crippen LogP contribution in [0.2, 0.25) is 5.02 Å². The predicted molar refractivity (Wildman–Crippen MR) is 154 cm³/mol. The van der Waals surface area contributed by atoms with Crippen LogP contribution in [-0.4, -0.2) is 44.3 Å². The molecule has 0 aliphatic carbocycles. The van der Waals surface area contributed by atoms with Gasteiger partial charge in [0.25, 0.3) is 10.0 Å². The van der Waals surface area contributed by atoms with E-state index in [9.17, 15) is 18.0 Å². The van der Waals surface area contributed by atoms with Gasteiger partial charge in [0, 0.05) is 22.6 Å². The van der Waals surface area contributed by atoms with Crippen molar-refractivity contribution in [2.24, 2.45) is 0 Å². The molecule has 0 aliphatic heterocycles. The average Bonchev–Trinajstić information content (AvgIpc) is 2.91. The molecule has 7 nitrogen and oxygen atoms in total. The Kier molecular flexibility index (Phi) is 10.8. The fourth-order valence-electron chi connectivity index (χ4n) is 3.81. The monoisotopic (exact) mass is 619 g/mol. The zero-order valence-electron chi connectivity index (χ0n) is 21.3. The SMILES string of the molecule is CCCCNC(=O)C(C)N(Cc1cccc(Br)c1)C(=O)CN(c1ccc(Cl)cc1)S(=O)(=O)c1ccccc1. The van der Waals surface area contributed by atoms with Gasteiger partial charge < -0.3 is 10.2 Å². The van der Waals surface area contributed by atoms with Crippen molar-refractivity contribution in [2.45, 2.75) is 44.2 Å². The largest absolute Gasteiger partial charge is 0.354 e. The molecule has 2 amide bonds. The number of rotatable bonds is 12. The van der Waals surface area contributed by atoms with Gasteiger partial charge in [-0.05, 0) is 67.4 Å². The lowest BCUT2D eigenvalue weighted by Gasteiger charge is -2.32. The smallest absolute Gasteiger partial charge is 0.264 e. The summed E-state index contributed by atoms with van der Waals surface area (Å²) in [4.78, 5) is 28.3. The minimum Gasteiger partial charge on any atom is -0.354 e. The van der Waals surface area contributed by atoms with Crippen LogP contribution in [0.5, 0.6) is 0 Å². The zero-order valence-corrected chi connectivity index (χ0v) is 24.5. The number of unbranched alkanes of at least 4 members (excludes halogenated alkanes) is 1. The van der Waals surface area contributed by atoms with Crippen molar-refractivity contribution in [3.63, 3.8) is 0 Å². The molecule has 0 saturated carbocycles. The molecule has 0 radical (unpaired) electrons. The van der Waals surface area contributed by atoms with Gasteiger partial charge in [0.15, 0.2) is 0 Å². The van der Waals surface area contributed by atoms with E-state index in [1.165, 1.54) is 17.0 Å². The van der Waals surface area contributed by atoms with Crippen LogP contribution in [0.25, 0.3) is 0 Å². The number of anilines is 1. The van der Waals surface area contributed by atoms with Crippen LogP contribution in [0, 0.1) is 0 Å². The molecule has 0 aliphatic rings. The summed E-state index contributed by atoms with van der Waals surface area (Å²) in [5, 5.41) is 3.31. The summed E-state index contributed by atoms with van der Waals surface area (Å²) < 4.78 is 29.3. The lowest BCUT2D eigenvalue weighted by Crippen LogP contribution is -2.51. The Morgan fingerprint density at radius 3 is 2.32 bits per heavy atom. The average molecular weight is 621 g/mol. The van der Waals surface area contributed by atoms with E-state index >= 15 is 0 Å². The molecule has 0 fully saturated rings. The van der Waals surface area contributed by atoms with Crippen molar-refractivity contribution in [3.05, 3.63) is 93.9 Å². The van der Waals surface area contributed by atoms with Gasteiger partial charge in [-0.15, -0.1) is 0 Å². The number of hydrogen-bond acceptors (Lipinski definition) is 4. The quantitative estimate of drug-likeness (QED) is 0.266. The summed E-state index contributed by atoms with van der Waals surface area (Å²) in [5.41, 5.74) is 1.08. The van der Waals surface area contributed by atoms with Gasteiger partial charge in [0.05, 0.1) is 10.6 Å². The molecule has 38 heavy (non-hydrogen) atoms. The van der Waals surface area contributed by atoms with E-state index in [4.69, 9.17) is 11.6 Å². The van der Waals surface area contributed by atoms with Gasteiger partial charge in [-0.1, -0.05) is 71.2 Å². The van der Waals surface area contributed by atoms with Crippen molar-refractivity contribution in [1.82, 2.24) is 10.2 Å². The molecule has 10 heteroatoms. The molecule has 1 N–H and O–H groups in total. The molecular formula is C28H31BrClN3O4S. The number of amides is 2. The molecule has 0 aromatic heterocycles. The van der Waals surface area contributed by atoms with Crippen molar-refractivity contribution >= 4 is 55.1 Å². The highest BCUT2D eigenvalue weighted by Gasteiger charge is 2.32. The first-order valence-electron chi connectivity index (χ1n) is 12.3. The van der Waals surface area contributed by atoms with Crippen LogP contribution in [0.15, 0.2) is 88.2 Å². The molecule has 0 heterocycles. The second-order valence-corrected chi connectivity index (χ2v) is 12.0. The molecule has 0 saturated heterocycles. The first-order valence-corrected chi connectivity index (χ1v) is 14.9. The summed E-state index contributed by atoms with van der Waals surface area (Å²) in [6.45, 7) is 3.80. The Labute approximate surface area is 238 Å². The Bertz CT molecular complexity index is 1340. The van der Waals surface area contributed by atoms with Gasteiger partial charge in [-0.2, -0.15) is 0 Å². The fourth-order valence-corrected chi connectivity index (χ4v) is 5.81. The number of nitrogens with zero attached hydrogens (tertiary/aromatic N) is 2. The van der Waals surface area contributed by atoms with Gasteiger partial charge in [-0.25, -0.2) is 8.42 Å². The van der Waals surface area contributed by atoms with Gasteiger partial charge in [0.2, 0.25) is 11.8 Å². The highest BCUT2D eigenvalue weighted by molar-refractivity contribution is 9.10. The third kappa shape index (κ3) is 7.82. The number of hydrogen-bond donors (Lipinski definition) is 1. The fraction of sp³-hybridized carbons (Fsp3) is 0.286. The molecule has 3 rings (SSSR count). The number of nitrogens with one attached hydrogen (secondary N) is 1. The second kappa shape index (κ2) is 13.8. The third-order valence-electron chi connectivity index (χ3n) is 5.96. The number of halogens is 2. The number of benzene rings is 3. The third-order valence-corrected chi connectivity index (χ3v) is 8.50. The second-order valence-electron chi connectivity index (χ2n) is 8.77. The Hall–Kier alpha value is -2.88. The number of carbonyl (C=O) groups is 2. The van der Waals surface area contributed by atoms with Crippen LogP contribution in [0.4, 0.5) is 5.69 Å². The topological polar surface area (TPSA) is 86.8 Å². The van der Waals surface area contributed by atoms with Gasteiger partial charge in [-0.3, -0.25) is 13.9 Å². The zero-order chi connectivity index (χ0) is 27.7. The molecule has 3 aromatic rings. The summed E-state index contributed by atoms with van der Waals surface area (Å²) >= 11 is 9.49. The van der Waals surface area contributed by atoms with E-state index in [1.54, 1.807) is 49.4 Å². The van der Waals surface area contributed by atoms with Crippen LogP contribution >= 0.6 is 27.5 Å². The lowest BCUT2D eigenvalue weighted by molar-refractivity contribution is -0.139. The minimum absolute atomic E-state index is 0.0478. The lowest BCUT2D eigenvalue weighted by atomic mass is 10.1. The molecule has 0 spiro atoms. The highest BCUT2D eigenvalue weighted by atomic mass is 79.9. The van der Waals surface area contributed by atoms with Crippen molar-refractivity contribution in [2.75, 3.05) is 17.4 Å². The van der Waals surface area contributed by atoms with Crippen molar-refractivity contribution in [3.8, 4) is 0 Å². The van der Waals surface area contributed by atoms with Crippen LogP contribution in [0.1, 0.15) is 32.3 Å². The van der Waals surface area contributed by atoms with E-state index < -0.39 is 28.5 Å². The van der Waals surface area contributed by atoms with E-state index in [0.29, 0.717) is 11.6 Å².